The van der Waals surface area contributed by atoms with E-state index in [1.807, 2.05) is 38.1 Å². The average Bonchev–Trinajstić information content (AvgIpc) is 2.49. The van der Waals surface area contributed by atoms with Crippen LogP contribution < -0.4 is 5.43 Å². The Morgan fingerprint density at radius 2 is 1.68 bits per heavy atom. The lowest BCUT2D eigenvalue weighted by Gasteiger charge is -2.06. The third-order valence-corrected chi connectivity index (χ3v) is 3.72. The Labute approximate surface area is 132 Å². The van der Waals surface area contributed by atoms with E-state index in [1.54, 1.807) is 6.21 Å². The molecule has 0 spiro atoms. The molecule has 2 aromatic carbocycles. The van der Waals surface area contributed by atoms with Crippen LogP contribution >= 0.6 is 0 Å². The van der Waals surface area contributed by atoms with Crippen molar-refractivity contribution < 1.29 is 4.79 Å². The molecule has 0 radical (unpaired) electrons. The fraction of sp³-hybridized carbons (Fsp3) is 0.263. The van der Waals surface area contributed by atoms with Crippen molar-refractivity contribution in [2.45, 2.75) is 34.1 Å². The van der Waals surface area contributed by atoms with Crippen molar-refractivity contribution in [3.8, 4) is 0 Å². The molecular formula is C19H22N2O. The lowest BCUT2D eigenvalue weighted by atomic mass is 10.0. The van der Waals surface area contributed by atoms with Crippen molar-refractivity contribution in [3.05, 3.63) is 69.8 Å². The molecule has 2 rings (SSSR count). The van der Waals surface area contributed by atoms with Crippen LogP contribution in [-0.4, -0.2) is 12.1 Å². The summed E-state index contributed by atoms with van der Waals surface area (Å²) in [6.07, 6.45) is 2.68. The van der Waals surface area contributed by atoms with Crippen molar-refractivity contribution in [1.82, 2.24) is 5.43 Å². The van der Waals surface area contributed by atoms with Gasteiger partial charge in [-0.2, -0.15) is 5.10 Å². The smallest absolute Gasteiger partial charge is 0.267 e. The zero-order valence-electron chi connectivity index (χ0n) is 13.6. The third-order valence-electron chi connectivity index (χ3n) is 3.72. The first-order chi connectivity index (χ1) is 10.5. The number of nitrogens with zero attached hydrogens (tertiary/aromatic N) is 1. The molecule has 0 aliphatic heterocycles. The Kier molecular flexibility index (Phi) is 5.10. The summed E-state index contributed by atoms with van der Waals surface area (Å²) in [6, 6.07) is 11.8. The molecule has 0 fully saturated rings. The quantitative estimate of drug-likeness (QED) is 0.673. The number of rotatable bonds is 4. The van der Waals surface area contributed by atoms with Crippen LogP contribution in [0.3, 0.4) is 0 Å². The summed E-state index contributed by atoms with van der Waals surface area (Å²) in [5.74, 6) is -0.193. The minimum atomic E-state index is -0.193. The van der Waals surface area contributed by atoms with Crippen LogP contribution in [-0.2, 0) is 6.42 Å². The van der Waals surface area contributed by atoms with Crippen molar-refractivity contribution in [1.29, 1.82) is 0 Å². The van der Waals surface area contributed by atoms with Gasteiger partial charge in [-0.3, -0.25) is 4.79 Å². The van der Waals surface area contributed by atoms with Gasteiger partial charge in [0.1, 0.15) is 0 Å². The van der Waals surface area contributed by atoms with E-state index in [-0.39, 0.29) is 5.91 Å². The van der Waals surface area contributed by atoms with Gasteiger partial charge in [-0.15, -0.1) is 0 Å². The number of nitrogens with one attached hydrogen (secondary N) is 1. The second kappa shape index (κ2) is 7.03. The van der Waals surface area contributed by atoms with E-state index in [0.717, 1.165) is 23.1 Å². The van der Waals surface area contributed by atoms with Gasteiger partial charge in [0.25, 0.3) is 5.91 Å². The molecule has 0 saturated heterocycles. The summed E-state index contributed by atoms with van der Waals surface area (Å²) in [5, 5.41) is 4.09. The third kappa shape index (κ3) is 3.82. The van der Waals surface area contributed by atoms with Gasteiger partial charge in [0.15, 0.2) is 0 Å². The predicted molar refractivity (Wildman–Crippen MR) is 91.5 cm³/mol. The van der Waals surface area contributed by atoms with E-state index in [4.69, 9.17) is 0 Å². The van der Waals surface area contributed by atoms with Crippen LogP contribution in [0.25, 0.3) is 0 Å². The summed E-state index contributed by atoms with van der Waals surface area (Å²) in [6.45, 7) is 8.26. The number of hydrogen-bond donors (Lipinski definition) is 1. The summed E-state index contributed by atoms with van der Waals surface area (Å²) in [5.41, 5.74) is 9.00. The molecule has 0 unspecified atom stereocenters. The summed E-state index contributed by atoms with van der Waals surface area (Å²) in [7, 11) is 0. The van der Waals surface area contributed by atoms with E-state index in [9.17, 15) is 4.79 Å². The van der Waals surface area contributed by atoms with Gasteiger partial charge in [0.2, 0.25) is 0 Å². The topological polar surface area (TPSA) is 41.5 Å². The molecule has 3 nitrogen and oxygen atoms in total. The Bertz CT molecular complexity index is 677. The molecular weight excluding hydrogens is 272 g/mol. The minimum Gasteiger partial charge on any atom is -0.267 e. The van der Waals surface area contributed by atoms with Gasteiger partial charge >= 0.3 is 0 Å². The van der Waals surface area contributed by atoms with Gasteiger partial charge in [-0.05, 0) is 56.0 Å². The standard InChI is InChI=1S/C19H22N2O/c1-5-16-6-8-17(9-7-16)19(22)21-20-12-18-14(3)10-13(2)11-15(18)4/h6-12H,5H2,1-4H3,(H,21,22)/b20-12-. The van der Waals surface area contributed by atoms with Crippen LogP contribution in [0, 0.1) is 20.8 Å². The summed E-state index contributed by atoms with van der Waals surface area (Å²) >= 11 is 0. The Morgan fingerprint density at radius 3 is 2.23 bits per heavy atom. The summed E-state index contributed by atoms with van der Waals surface area (Å²) in [4.78, 5) is 12.0. The summed E-state index contributed by atoms with van der Waals surface area (Å²) < 4.78 is 0. The molecule has 0 atom stereocenters. The molecule has 0 aliphatic rings. The zero-order chi connectivity index (χ0) is 16.1. The van der Waals surface area contributed by atoms with E-state index < -0.39 is 0 Å². The second-order valence-corrected chi connectivity index (χ2v) is 5.56. The maximum Gasteiger partial charge on any atom is 0.271 e. The lowest BCUT2D eigenvalue weighted by Crippen LogP contribution is -2.17. The molecule has 114 valence electrons. The maximum atomic E-state index is 12.0. The SMILES string of the molecule is CCc1ccc(C(=O)N/N=C\c2c(C)cc(C)cc2C)cc1. The fourth-order valence-corrected chi connectivity index (χ4v) is 2.51. The highest BCUT2D eigenvalue weighted by molar-refractivity contribution is 5.95. The Morgan fingerprint density at radius 1 is 1.09 bits per heavy atom. The van der Waals surface area contributed by atoms with E-state index in [1.165, 1.54) is 11.1 Å². The van der Waals surface area contributed by atoms with Crippen LogP contribution in [0.5, 0.6) is 0 Å². The lowest BCUT2D eigenvalue weighted by molar-refractivity contribution is 0.0955. The van der Waals surface area contributed by atoms with Gasteiger partial charge in [-0.1, -0.05) is 36.8 Å². The molecule has 22 heavy (non-hydrogen) atoms. The number of benzene rings is 2. The molecule has 0 saturated carbocycles. The van der Waals surface area contributed by atoms with Crippen molar-refractivity contribution >= 4 is 12.1 Å². The van der Waals surface area contributed by atoms with Crippen molar-refractivity contribution in [2.75, 3.05) is 0 Å². The Balaban J connectivity index is 2.07. The first-order valence-corrected chi connectivity index (χ1v) is 7.51. The fourth-order valence-electron chi connectivity index (χ4n) is 2.51. The number of amides is 1. The van der Waals surface area contributed by atoms with Crippen molar-refractivity contribution in [3.63, 3.8) is 0 Å². The van der Waals surface area contributed by atoms with E-state index in [0.29, 0.717) is 5.56 Å². The highest BCUT2D eigenvalue weighted by atomic mass is 16.2. The largest absolute Gasteiger partial charge is 0.271 e. The number of carbonyl (C=O) groups excluding carboxylic acids is 1. The van der Waals surface area contributed by atoms with Gasteiger partial charge in [-0.25, -0.2) is 5.43 Å². The van der Waals surface area contributed by atoms with E-state index in [2.05, 4.69) is 36.5 Å². The van der Waals surface area contributed by atoms with Crippen LogP contribution in [0.15, 0.2) is 41.5 Å². The highest BCUT2D eigenvalue weighted by Crippen LogP contribution is 2.14. The molecule has 0 aromatic heterocycles. The number of hydrazone groups is 1. The Hall–Kier alpha value is -2.42. The predicted octanol–water partition coefficient (Wildman–Crippen LogP) is 3.94. The first kappa shape index (κ1) is 16.0. The van der Waals surface area contributed by atoms with Crippen molar-refractivity contribution in [2.24, 2.45) is 5.10 Å². The van der Waals surface area contributed by atoms with Crippen LogP contribution in [0.2, 0.25) is 0 Å². The maximum absolute atomic E-state index is 12.0. The zero-order valence-corrected chi connectivity index (χ0v) is 13.6. The van der Waals surface area contributed by atoms with Gasteiger partial charge in [0, 0.05) is 11.1 Å². The normalized spacial score (nSPS) is 10.9. The number of carbonyl (C=O) groups is 1. The minimum absolute atomic E-state index is 0.193. The van der Waals surface area contributed by atoms with E-state index >= 15 is 0 Å². The number of hydrogen-bond acceptors (Lipinski definition) is 2. The monoisotopic (exact) mass is 294 g/mol. The molecule has 1 amide bonds. The molecule has 1 N–H and O–H groups in total. The van der Waals surface area contributed by atoms with Crippen LogP contribution in [0.1, 0.15) is 45.1 Å². The van der Waals surface area contributed by atoms with Gasteiger partial charge in [0.05, 0.1) is 6.21 Å². The molecule has 3 heteroatoms. The second-order valence-electron chi connectivity index (χ2n) is 5.56. The molecule has 0 bridgehead atoms. The highest BCUT2D eigenvalue weighted by Gasteiger charge is 2.04. The average molecular weight is 294 g/mol. The molecule has 0 aliphatic carbocycles. The van der Waals surface area contributed by atoms with Gasteiger partial charge < -0.3 is 0 Å². The number of aryl methyl sites for hydroxylation is 4. The molecule has 2 aromatic rings. The van der Waals surface area contributed by atoms with Crippen LogP contribution in [0.4, 0.5) is 0 Å². The first-order valence-electron chi connectivity index (χ1n) is 7.51. The molecule has 0 heterocycles.